The molecule has 2 aliphatic heterocycles. The summed E-state index contributed by atoms with van der Waals surface area (Å²) >= 11 is 24.5. The van der Waals surface area contributed by atoms with E-state index < -0.39 is 12.5 Å². The average Bonchev–Trinajstić information content (AvgIpc) is 2.90. The molecule has 0 fully saturated rings. The van der Waals surface area contributed by atoms with Crippen LogP contribution in [-0.4, -0.2) is 37.9 Å². The van der Waals surface area contributed by atoms with Gasteiger partial charge in [-0.1, -0.05) is 34.6 Å². The minimum absolute atomic E-state index is 0.105. The first-order valence-electron chi connectivity index (χ1n) is 13.1. The molecule has 0 saturated heterocycles. The first kappa shape index (κ1) is 35.6. The quantitative estimate of drug-likeness (QED) is 0.198. The zero-order valence-corrected chi connectivity index (χ0v) is 30.4. The molecule has 4 rings (SSSR count). The second kappa shape index (κ2) is 17.6. The Morgan fingerprint density at radius 2 is 1.20 bits per heavy atom. The Labute approximate surface area is 270 Å². The highest BCUT2D eigenvalue weighted by molar-refractivity contribution is 8.68. The Kier molecular flexibility index (Phi) is 15.7. The normalized spacial score (nSPS) is 18.9. The maximum absolute atomic E-state index is 12.7. The predicted octanol–water partition coefficient (Wildman–Crippen LogP) is 11.7. The van der Waals surface area contributed by atoms with Crippen LogP contribution in [0.5, 0.6) is 0 Å². The molecule has 14 heteroatoms. The lowest BCUT2D eigenvalue weighted by Crippen LogP contribution is -2.05. The third kappa shape index (κ3) is 10.6. The van der Waals surface area contributed by atoms with Crippen LogP contribution >= 0.6 is 82.0 Å². The number of benzene rings is 2. The lowest BCUT2D eigenvalue weighted by atomic mass is 10.1. The smallest absolute Gasteiger partial charge is 0.322 e. The molecule has 0 bridgehead atoms. The van der Waals surface area contributed by atoms with E-state index in [1.807, 2.05) is 75.5 Å². The SMILES string of the molecule is CCOP(=O)(OCC)SC1CCSc2ccc(Cl)cc21.CCOP(=S)(OCC)SC1CCSc2ccc(Cl)cc21. The van der Waals surface area contributed by atoms with Gasteiger partial charge in [0.2, 0.25) is 5.69 Å². The van der Waals surface area contributed by atoms with E-state index in [-0.39, 0.29) is 5.25 Å². The molecule has 0 N–H and O–H groups in total. The molecule has 2 aromatic rings. The van der Waals surface area contributed by atoms with Crippen LogP contribution in [0.25, 0.3) is 0 Å². The monoisotopic (exact) mass is 720 g/mol. The topological polar surface area (TPSA) is 54.0 Å². The third-order valence-corrected chi connectivity index (χ3v) is 18.3. The number of halogens is 2. The van der Waals surface area contributed by atoms with Crippen LogP contribution in [0.1, 0.15) is 62.2 Å². The molecule has 0 aliphatic carbocycles. The Hall–Kier alpha value is 1.14. The van der Waals surface area contributed by atoms with Gasteiger partial charge in [0.05, 0.1) is 26.4 Å². The van der Waals surface area contributed by atoms with Gasteiger partial charge in [-0.3, -0.25) is 0 Å². The maximum atomic E-state index is 12.7. The number of hydrogen-bond donors (Lipinski definition) is 0. The molecule has 2 unspecified atom stereocenters. The number of hydrogen-bond acceptors (Lipinski definition) is 10. The van der Waals surface area contributed by atoms with Gasteiger partial charge in [0.1, 0.15) is 0 Å². The van der Waals surface area contributed by atoms with E-state index in [2.05, 4.69) is 12.1 Å². The Morgan fingerprint density at radius 3 is 1.62 bits per heavy atom. The number of thioether (sulfide) groups is 2. The van der Waals surface area contributed by atoms with Crippen LogP contribution < -0.4 is 0 Å². The molecule has 2 heterocycles. The summed E-state index contributed by atoms with van der Waals surface area (Å²) in [5, 5.41) is 1.90. The fourth-order valence-electron chi connectivity index (χ4n) is 4.03. The maximum Gasteiger partial charge on any atom is 0.389 e. The van der Waals surface area contributed by atoms with Gasteiger partial charge in [-0.2, -0.15) is 0 Å². The van der Waals surface area contributed by atoms with E-state index in [0.717, 1.165) is 34.9 Å². The summed E-state index contributed by atoms with van der Waals surface area (Å²) < 4.78 is 34.9. The molecule has 0 amide bonds. The van der Waals surface area contributed by atoms with Crippen LogP contribution in [0.15, 0.2) is 46.2 Å². The van der Waals surface area contributed by atoms with Crippen molar-refractivity contribution in [2.75, 3.05) is 37.9 Å². The van der Waals surface area contributed by atoms with Crippen LogP contribution in [-0.2, 0) is 34.5 Å². The zero-order chi connectivity index (χ0) is 29.2. The molecule has 0 aromatic heterocycles. The first-order valence-corrected chi connectivity index (χ1v) is 23.0. The predicted molar refractivity (Wildman–Crippen MR) is 183 cm³/mol. The summed E-state index contributed by atoms with van der Waals surface area (Å²) in [6.45, 7) is 6.43. The lowest BCUT2D eigenvalue weighted by Gasteiger charge is -2.29. The van der Waals surface area contributed by atoms with Gasteiger partial charge >= 0.3 is 6.80 Å². The molecule has 2 aromatic carbocycles. The van der Waals surface area contributed by atoms with Gasteiger partial charge in [-0.25, -0.2) is 4.57 Å². The summed E-state index contributed by atoms with van der Waals surface area (Å²) in [5.74, 6) is 2.10. The van der Waals surface area contributed by atoms with E-state index in [1.165, 1.54) is 26.7 Å². The van der Waals surface area contributed by atoms with Crippen LogP contribution in [0, 0.1) is 0 Å². The van der Waals surface area contributed by atoms with Gasteiger partial charge in [0.25, 0.3) is 0 Å². The fraction of sp³-hybridized carbons (Fsp3) is 0.538. The third-order valence-electron chi connectivity index (χ3n) is 5.57. The standard InChI is InChI=1S/C13H18ClO3PS2.C13H18ClO2PS3/c1-3-16-18(15,17-4-2)20-13-7-8-19-12-6-5-10(14)9-11(12)13;1-3-15-17(18,16-4-2)20-13-7-8-19-12-6-5-10(14)9-11(12)13/h2*5-6,9,13H,3-4,7-8H2,1-2H3. The second-order valence-corrected chi connectivity index (χ2v) is 22.1. The summed E-state index contributed by atoms with van der Waals surface area (Å²) in [7, 11) is 0. The van der Waals surface area contributed by atoms with Crippen LogP contribution in [0.2, 0.25) is 10.0 Å². The summed E-state index contributed by atoms with van der Waals surface area (Å²) in [6.07, 6.45) is 2.01. The Balaban J connectivity index is 0.000000220. The van der Waals surface area contributed by atoms with Crippen molar-refractivity contribution in [2.24, 2.45) is 0 Å². The van der Waals surface area contributed by atoms with Gasteiger partial charge in [-0.15, -0.1) is 23.5 Å². The van der Waals surface area contributed by atoms with Gasteiger partial charge in [-0.05, 0) is 123 Å². The average molecular weight is 722 g/mol. The molecule has 2 atom stereocenters. The van der Waals surface area contributed by atoms with Crippen molar-refractivity contribution in [1.29, 1.82) is 0 Å². The van der Waals surface area contributed by atoms with E-state index in [9.17, 15) is 4.57 Å². The minimum Gasteiger partial charge on any atom is -0.322 e. The highest BCUT2D eigenvalue weighted by atomic mass is 35.5. The van der Waals surface area contributed by atoms with Gasteiger partial charge in [0.15, 0.2) is 0 Å². The molecule has 224 valence electrons. The molecule has 40 heavy (non-hydrogen) atoms. The zero-order valence-electron chi connectivity index (χ0n) is 23.0. The van der Waals surface area contributed by atoms with Crippen molar-refractivity contribution in [1.82, 2.24) is 0 Å². The Morgan fingerprint density at radius 1 is 0.775 bits per heavy atom. The first-order chi connectivity index (χ1) is 19.2. The van der Waals surface area contributed by atoms with Crippen molar-refractivity contribution < 1.29 is 22.7 Å². The van der Waals surface area contributed by atoms with E-state index in [0.29, 0.717) is 36.7 Å². The molecular formula is C26H36Cl2O5P2S5. The fourth-order valence-corrected chi connectivity index (χ4v) is 17.1. The molecule has 5 nitrogen and oxygen atoms in total. The summed E-state index contributed by atoms with van der Waals surface area (Å²) in [6, 6.07) is 12.0. The largest absolute Gasteiger partial charge is 0.389 e. The van der Waals surface area contributed by atoms with Crippen molar-refractivity contribution in [3.8, 4) is 0 Å². The minimum atomic E-state index is -3.09. The van der Waals surface area contributed by atoms with E-state index >= 15 is 0 Å². The molecule has 0 saturated carbocycles. The van der Waals surface area contributed by atoms with E-state index in [1.54, 1.807) is 11.4 Å². The molecule has 0 spiro atoms. The van der Waals surface area contributed by atoms with Crippen molar-refractivity contribution in [2.45, 2.75) is 60.8 Å². The van der Waals surface area contributed by atoms with Crippen molar-refractivity contribution >= 4 is 93.8 Å². The highest BCUT2D eigenvalue weighted by Crippen LogP contribution is 2.68. The lowest BCUT2D eigenvalue weighted by molar-refractivity contribution is 0.236. The van der Waals surface area contributed by atoms with Crippen LogP contribution in [0.3, 0.4) is 0 Å². The molecule has 0 radical (unpaired) electrons. The molecular weight excluding hydrogens is 685 g/mol. The highest BCUT2D eigenvalue weighted by Gasteiger charge is 2.33. The summed E-state index contributed by atoms with van der Waals surface area (Å²) in [4.78, 5) is 2.50. The number of fused-ring (bicyclic) bond motifs is 2. The van der Waals surface area contributed by atoms with Crippen molar-refractivity contribution in [3.63, 3.8) is 0 Å². The Bertz CT molecular complexity index is 1100. The van der Waals surface area contributed by atoms with Crippen LogP contribution in [0.4, 0.5) is 0 Å². The second-order valence-electron chi connectivity index (χ2n) is 8.39. The van der Waals surface area contributed by atoms with Crippen molar-refractivity contribution in [3.05, 3.63) is 57.6 Å². The van der Waals surface area contributed by atoms with Gasteiger partial charge < -0.3 is 18.1 Å². The number of rotatable bonds is 12. The van der Waals surface area contributed by atoms with Gasteiger partial charge in [0, 0.05) is 30.3 Å². The summed E-state index contributed by atoms with van der Waals surface area (Å²) in [5.41, 5.74) is 0.147. The molecule has 2 aliphatic rings. The van der Waals surface area contributed by atoms with E-state index in [4.69, 9.17) is 53.1 Å².